The van der Waals surface area contributed by atoms with E-state index >= 15 is 0 Å². The molecule has 23 heavy (non-hydrogen) atoms. The van der Waals surface area contributed by atoms with E-state index < -0.39 is 10.8 Å². The number of nitrogens with one attached hydrogen (secondary N) is 1. The van der Waals surface area contributed by atoms with Crippen molar-refractivity contribution < 1.29 is 9.72 Å². The van der Waals surface area contributed by atoms with Crippen LogP contribution in [0.25, 0.3) is 5.52 Å². The number of aromatic nitrogens is 2. The number of hydrogen-bond acceptors (Lipinski definition) is 4. The highest BCUT2D eigenvalue weighted by atomic mass is 35.5. The molecule has 2 heterocycles. The van der Waals surface area contributed by atoms with Gasteiger partial charge in [0.1, 0.15) is 5.02 Å². The number of nitro benzene ring substituents is 1. The Morgan fingerprint density at radius 3 is 2.96 bits per heavy atom. The van der Waals surface area contributed by atoms with E-state index in [2.05, 4.69) is 10.4 Å². The summed E-state index contributed by atoms with van der Waals surface area (Å²) in [5.41, 5.74) is 1.62. The molecule has 3 rings (SSSR count). The smallest absolute Gasteiger partial charge is 0.288 e. The first-order valence-electron chi connectivity index (χ1n) is 6.69. The summed E-state index contributed by atoms with van der Waals surface area (Å²) in [5, 5.41) is 17.8. The zero-order valence-electron chi connectivity index (χ0n) is 11.8. The Morgan fingerprint density at radius 2 is 2.17 bits per heavy atom. The van der Waals surface area contributed by atoms with E-state index in [4.69, 9.17) is 11.6 Å². The third kappa shape index (κ3) is 3.00. The first-order valence-corrected chi connectivity index (χ1v) is 7.07. The monoisotopic (exact) mass is 330 g/mol. The molecule has 0 saturated heterocycles. The van der Waals surface area contributed by atoms with Crippen LogP contribution in [0.3, 0.4) is 0 Å². The van der Waals surface area contributed by atoms with Gasteiger partial charge in [0.25, 0.3) is 11.6 Å². The largest absolute Gasteiger partial charge is 0.348 e. The van der Waals surface area contributed by atoms with Gasteiger partial charge in [-0.25, -0.2) is 4.52 Å². The van der Waals surface area contributed by atoms with E-state index in [-0.39, 0.29) is 22.8 Å². The maximum Gasteiger partial charge on any atom is 0.288 e. The topological polar surface area (TPSA) is 89.5 Å². The van der Waals surface area contributed by atoms with Gasteiger partial charge in [-0.15, -0.1) is 0 Å². The number of hydrogen-bond donors (Lipinski definition) is 1. The lowest BCUT2D eigenvalue weighted by molar-refractivity contribution is -0.384. The second-order valence-electron chi connectivity index (χ2n) is 4.81. The fourth-order valence-corrected chi connectivity index (χ4v) is 2.38. The number of nitrogens with zero attached hydrogens (tertiary/aromatic N) is 3. The summed E-state index contributed by atoms with van der Waals surface area (Å²) < 4.78 is 1.70. The first-order chi connectivity index (χ1) is 11.1. The Hall–Kier alpha value is -2.93. The van der Waals surface area contributed by atoms with Crippen LogP contribution in [0.15, 0.2) is 48.8 Å². The summed E-state index contributed by atoms with van der Waals surface area (Å²) in [4.78, 5) is 22.4. The van der Waals surface area contributed by atoms with Crippen molar-refractivity contribution in [1.29, 1.82) is 0 Å². The van der Waals surface area contributed by atoms with Crippen LogP contribution >= 0.6 is 11.6 Å². The van der Waals surface area contributed by atoms with Gasteiger partial charge in [0.15, 0.2) is 0 Å². The van der Waals surface area contributed by atoms with E-state index in [1.165, 1.54) is 12.1 Å². The fourth-order valence-electron chi connectivity index (χ4n) is 2.20. The van der Waals surface area contributed by atoms with Crippen LogP contribution in [0, 0.1) is 10.1 Å². The number of benzene rings is 1. The number of rotatable bonds is 4. The Morgan fingerprint density at radius 1 is 1.35 bits per heavy atom. The van der Waals surface area contributed by atoms with E-state index in [0.29, 0.717) is 0 Å². The van der Waals surface area contributed by atoms with E-state index in [1.54, 1.807) is 10.7 Å². The quantitative estimate of drug-likeness (QED) is 0.588. The number of fused-ring (bicyclic) bond motifs is 1. The van der Waals surface area contributed by atoms with E-state index in [1.807, 2.05) is 24.4 Å². The van der Waals surface area contributed by atoms with Crippen molar-refractivity contribution in [3.63, 3.8) is 0 Å². The van der Waals surface area contributed by atoms with Crippen LogP contribution in [-0.4, -0.2) is 20.4 Å². The summed E-state index contributed by atoms with van der Waals surface area (Å²) in [7, 11) is 0. The first kappa shape index (κ1) is 15.0. The molecule has 1 amide bonds. The minimum atomic E-state index is -0.621. The lowest BCUT2D eigenvalue weighted by Gasteiger charge is -2.05. The van der Waals surface area contributed by atoms with Crippen LogP contribution in [0.2, 0.25) is 5.02 Å². The average Bonchev–Trinajstić information content (AvgIpc) is 2.96. The number of nitro groups is 1. The van der Waals surface area contributed by atoms with Gasteiger partial charge in [0.05, 0.1) is 16.6 Å². The number of halogens is 1. The van der Waals surface area contributed by atoms with Crippen LogP contribution in [-0.2, 0) is 6.54 Å². The second-order valence-corrected chi connectivity index (χ2v) is 5.21. The standard InChI is InChI=1S/C15H11ClN4O3/c16-12-5-4-10(7-14(12)20(22)23)15(21)17-8-11-9-18-19-6-2-1-3-13(11)19/h1-7,9H,8H2,(H,17,21). The summed E-state index contributed by atoms with van der Waals surface area (Å²) in [5.74, 6) is -0.417. The van der Waals surface area contributed by atoms with Gasteiger partial charge in [0.2, 0.25) is 0 Å². The average molecular weight is 331 g/mol. The van der Waals surface area contributed by atoms with Gasteiger partial charge in [0, 0.05) is 29.9 Å². The molecule has 3 aromatic rings. The molecular weight excluding hydrogens is 320 g/mol. The molecule has 116 valence electrons. The van der Waals surface area contributed by atoms with Crippen molar-refractivity contribution in [2.24, 2.45) is 0 Å². The predicted molar refractivity (Wildman–Crippen MR) is 84.5 cm³/mol. The molecule has 0 bridgehead atoms. The van der Waals surface area contributed by atoms with Crippen molar-refractivity contribution in [1.82, 2.24) is 14.9 Å². The normalized spacial score (nSPS) is 10.7. The molecule has 1 aromatic carbocycles. The highest BCUT2D eigenvalue weighted by molar-refractivity contribution is 6.32. The molecule has 8 heteroatoms. The third-order valence-electron chi connectivity index (χ3n) is 3.35. The second kappa shape index (κ2) is 6.05. The minimum Gasteiger partial charge on any atom is -0.348 e. The summed E-state index contributed by atoms with van der Waals surface area (Å²) >= 11 is 5.74. The Bertz CT molecular complexity index is 907. The van der Waals surface area contributed by atoms with E-state index in [9.17, 15) is 14.9 Å². The molecular formula is C15H11ClN4O3. The number of carbonyl (C=O) groups is 1. The molecule has 0 fully saturated rings. The maximum absolute atomic E-state index is 12.2. The number of carbonyl (C=O) groups excluding carboxylic acids is 1. The van der Waals surface area contributed by atoms with Crippen LogP contribution in [0.1, 0.15) is 15.9 Å². The molecule has 0 aliphatic heterocycles. The van der Waals surface area contributed by atoms with Crippen molar-refractivity contribution >= 4 is 28.7 Å². The van der Waals surface area contributed by atoms with Crippen molar-refractivity contribution in [3.8, 4) is 0 Å². The number of pyridine rings is 1. The minimum absolute atomic E-state index is 0.00539. The van der Waals surface area contributed by atoms with E-state index in [0.717, 1.165) is 17.1 Å². The zero-order valence-corrected chi connectivity index (χ0v) is 12.5. The van der Waals surface area contributed by atoms with Gasteiger partial charge in [-0.1, -0.05) is 17.7 Å². The Balaban J connectivity index is 1.77. The Kier molecular flexibility index (Phi) is 3.94. The Labute approximate surface area is 135 Å². The highest BCUT2D eigenvalue weighted by Gasteiger charge is 2.16. The number of amides is 1. The van der Waals surface area contributed by atoms with Crippen LogP contribution in [0.5, 0.6) is 0 Å². The fraction of sp³-hybridized carbons (Fsp3) is 0.0667. The van der Waals surface area contributed by atoms with Crippen molar-refractivity contribution in [2.45, 2.75) is 6.54 Å². The molecule has 0 radical (unpaired) electrons. The lowest BCUT2D eigenvalue weighted by Crippen LogP contribution is -2.22. The van der Waals surface area contributed by atoms with Crippen LogP contribution in [0.4, 0.5) is 5.69 Å². The molecule has 0 saturated carbocycles. The van der Waals surface area contributed by atoms with Gasteiger partial charge in [-0.05, 0) is 24.3 Å². The molecule has 2 aromatic heterocycles. The summed E-state index contributed by atoms with van der Waals surface area (Å²) in [6.07, 6.45) is 3.48. The molecule has 0 unspecified atom stereocenters. The van der Waals surface area contributed by atoms with Crippen molar-refractivity contribution in [3.05, 3.63) is 75.1 Å². The molecule has 1 N–H and O–H groups in total. The van der Waals surface area contributed by atoms with Gasteiger partial charge in [-0.2, -0.15) is 5.10 Å². The molecule has 0 spiro atoms. The summed E-state index contributed by atoms with van der Waals surface area (Å²) in [6.45, 7) is 0.267. The van der Waals surface area contributed by atoms with Gasteiger partial charge >= 0.3 is 0 Å². The summed E-state index contributed by atoms with van der Waals surface area (Å²) in [6, 6.07) is 9.57. The SMILES string of the molecule is O=C(NCc1cnn2ccccc12)c1ccc(Cl)c([N+](=O)[O-])c1. The van der Waals surface area contributed by atoms with Gasteiger partial charge < -0.3 is 5.32 Å². The third-order valence-corrected chi connectivity index (χ3v) is 3.67. The molecule has 7 nitrogen and oxygen atoms in total. The maximum atomic E-state index is 12.2. The zero-order chi connectivity index (χ0) is 16.4. The van der Waals surface area contributed by atoms with Gasteiger partial charge in [-0.3, -0.25) is 14.9 Å². The lowest BCUT2D eigenvalue weighted by atomic mass is 10.2. The molecule has 0 aliphatic rings. The molecule has 0 aliphatic carbocycles. The predicted octanol–water partition coefficient (Wildman–Crippen LogP) is 2.83. The van der Waals surface area contributed by atoms with Crippen molar-refractivity contribution in [2.75, 3.05) is 0 Å². The van der Waals surface area contributed by atoms with Crippen LogP contribution < -0.4 is 5.32 Å². The highest BCUT2D eigenvalue weighted by Crippen LogP contribution is 2.25. The molecule has 0 atom stereocenters.